The number of ether oxygens (including phenoxy) is 1. The molecule has 4 aromatic rings. The summed E-state index contributed by atoms with van der Waals surface area (Å²) in [6, 6.07) is 21.7. The van der Waals surface area contributed by atoms with Crippen molar-refractivity contribution < 1.29 is 17.9 Å². The number of nitrogens with zero attached hydrogens (tertiary/aromatic N) is 2. The number of amides is 1. The summed E-state index contributed by atoms with van der Waals surface area (Å²) >= 11 is 0. The number of hydrogen-bond donors (Lipinski definition) is 2. The number of benzene rings is 3. The van der Waals surface area contributed by atoms with Gasteiger partial charge in [-0.1, -0.05) is 30.3 Å². The fraction of sp³-hybridized carbons (Fsp3) is 0.0417. The maximum atomic E-state index is 13.1. The summed E-state index contributed by atoms with van der Waals surface area (Å²) in [5.74, 6) is 0.0832. The highest BCUT2D eigenvalue weighted by molar-refractivity contribution is 7.92. The van der Waals surface area contributed by atoms with Crippen molar-refractivity contribution in [2.45, 2.75) is 11.8 Å². The molecule has 3 heterocycles. The maximum Gasteiger partial charge on any atom is 0.264 e. The van der Waals surface area contributed by atoms with E-state index in [1.807, 2.05) is 31.2 Å². The van der Waals surface area contributed by atoms with Gasteiger partial charge in [0, 0.05) is 22.9 Å². The number of carbonyl (C=O) groups excluding carboxylic acids is 1. The van der Waals surface area contributed by atoms with Gasteiger partial charge in [-0.2, -0.15) is 4.98 Å². The Hall–Kier alpha value is -4.24. The van der Waals surface area contributed by atoms with Crippen molar-refractivity contribution in [1.82, 2.24) is 9.97 Å². The largest absolute Gasteiger partial charge is 0.439 e. The van der Waals surface area contributed by atoms with E-state index in [1.165, 1.54) is 12.1 Å². The highest BCUT2D eigenvalue weighted by Gasteiger charge is 2.20. The minimum atomic E-state index is -4.04. The third-order valence-corrected chi connectivity index (χ3v) is 6.42. The van der Waals surface area contributed by atoms with E-state index in [0.29, 0.717) is 22.7 Å². The molecule has 0 spiro atoms. The summed E-state index contributed by atoms with van der Waals surface area (Å²) in [5, 5.41) is 2.71. The normalized spacial score (nSPS) is 14.3. The fourth-order valence-electron chi connectivity index (χ4n) is 3.44. The van der Waals surface area contributed by atoms with Crippen molar-refractivity contribution in [1.29, 1.82) is 0 Å². The molecule has 3 aromatic carbocycles. The van der Waals surface area contributed by atoms with Gasteiger partial charge in [-0.3, -0.25) is 4.79 Å². The highest BCUT2D eigenvalue weighted by atomic mass is 32.2. The van der Waals surface area contributed by atoms with Crippen molar-refractivity contribution >= 4 is 27.6 Å². The average molecular weight is 458 g/mol. The van der Waals surface area contributed by atoms with Crippen molar-refractivity contribution in [3.63, 3.8) is 0 Å². The SMILES string of the molecule is Cc1ccccc1-c1cc2nc(n1)NS(=O)(=O)c1cccc(c1)NC(=O)c1ccc(cc1)O2. The van der Waals surface area contributed by atoms with E-state index in [9.17, 15) is 13.2 Å². The van der Waals surface area contributed by atoms with Gasteiger partial charge in [0.25, 0.3) is 15.9 Å². The van der Waals surface area contributed by atoms with Crippen LogP contribution < -0.4 is 14.8 Å². The first kappa shape index (κ1) is 20.7. The standard InChI is InChI=1S/C24H18N4O4S/c1-15-5-2-3-8-20(15)21-14-22-27-24(26-21)28-33(30,31)19-7-4-6-17(13-19)25-23(29)16-9-11-18(32-22)12-10-16/h2-14H,1H3,(H,25,29)(H,26,27,28). The summed E-state index contributed by atoms with van der Waals surface area (Å²) in [6.07, 6.45) is 0. The topological polar surface area (TPSA) is 110 Å². The first-order chi connectivity index (χ1) is 15.9. The predicted octanol–water partition coefficient (Wildman–Crippen LogP) is 4.61. The molecule has 0 fully saturated rings. The van der Waals surface area contributed by atoms with Crippen molar-refractivity contribution in [2.75, 3.05) is 10.0 Å². The molecule has 0 atom stereocenters. The van der Waals surface area contributed by atoms with Crippen LogP contribution in [0.15, 0.2) is 83.8 Å². The number of hydrogen-bond acceptors (Lipinski definition) is 6. The number of anilines is 2. The van der Waals surface area contributed by atoms with Crippen LogP contribution in [-0.4, -0.2) is 24.3 Å². The molecule has 8 nitrogen and oxygen atoms in total. The van der Waals surface area contributed by atoms with Gasteiger partial charge in [0.15, 0.2) is 0 Å². The van der Waals surface area contributed by atoms with Crippen LogP contribution in [0.4, 0.5) is 11.6 Å². The average Bonchev–Trinajstić information content (AvgIpc) is 2.79. The lowest BCUT2D eigenvalue weighted by atomic mass is 10.1. The van der Waals surface area contributed by atoms with E-state index in [0.717, 1.165) is 11.1 Å². The molecule has 2 aliphatic heterocycles. The van der Waals surface area contributed by atoms with Crippen molar-refractivity contribution in [3.8, 4) is 22.9 Å². The number of carbonyl (C=O) groups is 1. The molecule has 6 bridgehead atoms. The monoisotopic (exact) mass is 458 g/mol. The summed E-state index contributed by atoms with van der Waals surface area (Å²) in [6.45, 7) is 1.94. The lowest BCUT2D eigenvalue weighted by Crippen LogP contribution is -2.16. The van der Waals surface area contributed by atoms with E-state index in [-0.39, 0.29) is 22.6 Å². The van der Waals surface area contributed by atoms with Gasteiger partial charge in [-0.05, 0) is 55.0 Å². The number of sulfonamides is 1. The summed E-state index contributed by atoms with van der Waals surface area (Å²) in [4.78, 5) is 21.2. The minimum absolute atomic E-state index is 0.0442. The van der Waals surface area contributed by atoms with E-state index in [1.54, 1.807) is 42.5 Å². The Kier molecular flexibility index (Phi) is 5.02. The Bertz CT molecular complexity index is 1480. The van der Waals surface area contributed by atoms with Crippen LogP contribution in [0, 0.1) is 6.92 Å². The first-order valence-corrected chi connectivity index (χ1v) is 11.5. The van der Waals surface area contributed by atoms with Gasteiger partial charge < -0.3 is 10.1 Å². The molecule has 9 heteroatoms. The molecule has 0 saturated heterocycles. The second-order valence-electron chi connectivity index (χ2n) is 7.44. The van der Waals surface area contributed by atoms with E-state index < -0.39 is 10.0 Å². The van der Waals surface area contributed by atoms with Gasteiger partial charge in [-0.15, -0.1) is 0 Å². The van der Waals surface area contributed by atoms with Crippen LogP contribution >= 0.6 is 0 Å². The van der Waals surface area contributed by atoms with E-state index in [4.69, 9.17) is 4.74 Å². The summed E-state index contributed by atoms with van der Waals surface area (Å²) in [7, 11) is -4.04. The minimum Gasteiger partial charge on any atom is -0.439 e. The molecule has 0 aliphatic carbocycles. The Labute approximate surface area is 190 Å². The first-order valence-electron chi connectivity index (χ1n) is 10.0. The Morgan fingerprint density at radius 3 is 2.45 bits per heavy atom. The number of fused-ring (bicyclic) bond motifs is 4. The van der Waals surface area contributed by atoms with Crippen LogP contribution in [0.25, 0.3) is 11.3 Å². The molecular weight excluding hydrogens is 440 g/mol. The number of aromatic nitrogens is 2. The van der Waals surface area contributed by atoms with Gasteiger partial charge in [0.1, 0.15) is 5.75 Å². The summed E-state index contributed by atoms with van der Waals surface area (Å²) in [5.41, 5.74) is 3.02. The highest BCUT2D eigenvalue weighted by Crippen LogP contribution is 2.29. The molecule has 0 saturated carbocycles. The van der Waals surface area contributed by atoms with Crippen LogP contribution in [0.2, 0.25) is 0 Å². The van der Waals surface area contributed by atoms with E-state index >= 15 is 0 Å². The lowest BCUT2D eigenvalue weighted by molar-refractivity contribution is 0.102. The van der Waals surface area contributed by atoms with E-state index in [2.05, 4.69) is 20.0 Å². The van der Waals surface area contributed by atoms with Crippen molar-refractivity contribution in [2.24, 2.45) is 0 Å². The van der Waals surface area contributed by atoms with Crippen LogP contribution in [-0.2, 0) is 10.0 Å². The molecule has 1 amide bonds. The molecule has 2 N–H and O–H groups in total. The number of aryl methyl sites for hydroxylation is 1. The van der Waals surface area contributed by atoms with Gasteiger partial charge in [0.2, 0.25) is 11.8 Å². The van der Waals surface area contributed by atoms with Gasteiger partial charge in [-0.25, -0.2) is 18.1 Å². The zero-order valence-electron chi connectivity index (χ0n) is 17.4. The Balaban J connectivity index is 1.69. The molecule has 33 heavy (non-hydrogen) atoms. The molecule has 0 radical (unpaired) electrons. The quantitative estimate of drug-likeness (QED) is 0.431. The van der Waals surface area contributed by atoms with Crippen LogP contribution in [0.5, 0.6) is 11.6 Å². The second kappa shape index (κ2) is 8.03. The Morgan fingerprint density at radius 1 is 0.879 bits per heavy atom. The number of rotatable bonds is 1. The predicted molar refractivity (Wildman–Crippen MR) is 124 cm³/mol. The molecular formula is C24H18N4O4S. The van der Waals surface area contributed by atoms with Gasteiger partial charge >= 0.3 is 0 Å². The number of nitrogens with one attached hydrogen (secondary N) is 2. The van der Waals surface area contributed by atoms with Crippen LogP contribution in [0.3, 0.4) is 0 Å². The molecule has 1 aromatic heterocycles. The third-order valence-electron chi connectivity index (χ3n) is 5.09. The second-order valence-corrected chi connectivity index (χ2v) is 9.13. The molecule has 6 rings (SSSR count). The summed E-state index contributed by atoms with van der Waals surface area (Å²) < 4.78 is 34.4. The zero-order chi connectivity index (χ0) is 23.0. The third kappa shape index (κ3) is 4.26. The van der Waals surface area contributed by atoms with Crippen LogP contribution in [0.1, 0.15) is 15.9 Å². The molecule has 164 valence electrons. The molecule has 0 unspecified atom stereocenters. The maximum absolute atomic E-state index is 13.1. The Morgan fingerprint density at radius 2 is 1.67 bits per heavy atom. The lowest BCUT2D eigenvalue weighted by Gasteiger charge is -2.12. The smallest absolute Gasteiger partial charge is 0.264 e. The van der Waals surface area contributed by atoms with Crippen molar-refractivity contribution in [3.05, 3.63) is 90.0 Å². The zero-order valence-corrected chi connectivity index (χ0v) is 18.3. The molecule has 2 aliphatic rings. The fourth-order valence-corrected chi connectivity index (χ4v) is 4.43. The van der Waals surface area contributed by atoms with Gasteiger partial charge in [0.05, 0.1) is 10.6 Å².